The van der Waals surface area contributed by atoms with Gasteiger partial charge in [0.05, 0.1) is 24.2 Å². The minimum absolute atomic E-state index is 0.116. The molecule has 39 heavy (non-hydrogen) atoms. The molecule has 0 saturated heterocycles. The first-order chi connectivity index (χ1) is 19.0. The number of carbonyl (C=O) groups is 2. The SMILES string of the molecule is CCCCN(CC(=O)N1c2ccccc2-n2cccc2C1c1ccc(F)cc1)C(=O)Nc1ccc(OC)cc1. The van der Waals surface area contributed by atoms with Crippen molar-refractivity contribution in [1.82, 2.24) is 9.47 Å². The molecule has 1 unspecified atom stereocenters. The van der Waals surface area contributed by atoms with Crippen molar-refractivity contribution in [3.8, 4) is 11.4 Å². The number of benzene rings is 3. The topological polar surface area (TPSA) is 66.8 Å². The van der Waals surface area contributed by atoms with E-state index in [1.807, 2.05) is 49.5 Å². The fourth-order valence-electron chi connectivity index (χ4n) is 4.94. The second-order valence-electron chi connectivity index (χ2n) is 9.44. The number of urea groups is 1. The van der Waals surface area contributed by atoms with Gasteiger partial charge in [0.25, 0.3) is 0 Å². The molecule has 0 saturated carbocycles. The number of halogens is 1. The molecule has 2 heterocycles. The monoisotopic (exact) mass is 526 g/mol. The van der Waals surface area contributed by atoms with Gasteiger partial charge in [0.1, 0.15) is 24.2 Å². The van der Waals surface area contributed by atoms with Crippen molar-refractivity contribution in [3.63, 3.8) is 0 Å². The van der Waals surface area contributed by atoms with E-state index in [-0.39, 0.29) is 24.3 Å². The van der Waals surface area contributed by atoms with Crippen LogP contribution in [0.1, 0.15) is 37.1 Å². The first-order valence-electron chi connectivity index (χ1n) is 13.0. The van der Waals surface area contributed by atoms with Gasteiger partial charge in [-0.2, -0.15) is 0 Å². The molecule has 0 spiro atoms. The van der Waals surface area contributed by atoms with Crippen LogP contribution in [0.4, 0.5) is 20.6 Å². The van der Waals surface area contributed by atoms with Crippen molar-refractivity contribution in [2.24, 2.45) is 0 Å². The lowest BCUT2D eigenvalue weighted by Gasteiger charge is -2.39. The van der Waals surface area contributed by atoms with Crippen LogP contribution in [-0.4, -0.2) is 41.6 Å². The van der Waals surface area contributed by atoms with E-state index >= 15 is 0 Å². The minimum atomic E-state index is -0.485. The summed E-state index contributed by atoms with van der Waals surface area (Å²) < 4.78 is 21.1. The van der Waals surface area contributed by atoms with E-state index in [0.717, 1.165) is 35.5 Å². The molecule has 4 aromatic rings. The van der Waals surface area contributed by atoms with E-state index in [0.29, 0.717) is 18.0 Å². The fourth-order valence-corrected chi connectivity index (χ4v) is 4.94. The maximum Gasteiger partial charge on any atom is 0.322 e. The van der Waals surface area contributed by atoms with Gasteiger partial charge in [-0.05, 0) is 72.6 Å². The highest BCUT2D eigenvalue weighted by Crippen LogP contribution is 2.42. The number of amides is 3. The van der Waals surface area contributed by atoms with Crippen LogP contribution >= 0.6 is 0 Å². The van der Waals surface area contributed by atoms with Crippen LogP contribution in [0.25, 0.3) is 5.69 Å². The zero-order chi connectivity index (χ0) is 27.4. The fraction of sp³-hybridized carbons (Fsp3) is 0.226. The highest BCUT2D eigenvalue weighted by molar-refractivity contribution is 6.01. The summed E-state index contributed by atoms with van der Waals surface area (Å²) in [6.07, 6.45) is 3.59. The predicted molar refractivity (Wildman–Crippen MR) is 150 cm³/mol. The molecule has 0 radical (unpaired) electrons. The van der Waals surface area contributed by atoms with Crippen LogP contribution in [0.5, 0.6) is 5.75 Å². The average molecular weight is 527 g/mol. The van der Waals surface area contributed by atoms with Crippen LogP contribution in [-0.2, 0) is 4.79 Å². The Kier molecular flexibility index (Phi) is 7.63. The smallest absolute Gasteiger partial charge is 0.322 e. The zero-order valence-electron chi connectivity index (χ0n) is 22.0. The third-order valence-corrected chi connectivity index (χ3v) is 6.91. The Labute approximate surface area is 227 Å². The van der Waals surface area contributed by atoms with Crippen molar-refractivity contribution in [2.75, 3.05) is 30.4 Å². The minimum Gasteiger partial charge on any atom is -0.497 e. The summed E-state index contributed by atoms with van der Waals surface area (Å²) in [7, 11) is 1.58. The molecule has 3 amide bonds. The second-order valence-corrected chi connectivity index (χ2v) is 9.44. The largest absolute Gasteiger partial charge is 0.497 e. The van der Waals surface area contributed by atoms with E-state index in [2.05, 4.69) is 9.88 Å². The number of aromatic nitrogens is 1. The van der Waals surface area contributed by atoms with Gasteiger partial charge in [0.2, 0.25) is 5.91 Å². The molecule has 0 fully saturated rings. The molecule has 1 aliphatic rings. The summed E-state index contributed by atoms with van der Waals surface area (Å²) >= 11 is 0. The summed E-state index contributed by atoms with van der Waals surface area (Å²) in [6.45, 7) is 2.35. The van der Waals surface area contributed by atoms with Crippen LogP contribution < -0.4 is 15.0 Å². The number of hydrogen-bond acceptors (Lipinski definition) is 3. The Morgan fingerprint density at radius 2 is 1.67 bits per heavy atom. The molecule has 8 heteroatoms. The summed E-state index contributed by atoms with van der Waals surface area (Å²) in [6, 6.07) is 24.0. The Balaban J connectivity index is 1.48. The molecular formula is C31H31FN4O3. The van der Waals surface area contributed by atoms with Gasteiger partial charge in [0.15, 0.2) is 0 Å². The second kappa shape index (κ2) is 11.4. The highest BCUT2D eigenvalue weighted by Gasteiger charge is 2.37. The Bertz CT molecular complexity index is 1450. The molecule has 1 aliphatic heterocycles. The average Bonchev–Trinajstić information content (AvgIpc) is 3.45. The van der Waals surface area contributed by atoms with Crippen molar-refractivity contribution in [1.29, 1.82) is 0 Å². The van der Waals surface area contributed by atoms with E-state index in [9.17, 15) is 14.0 Å². The molecule has 5 rings (SSSR count). The van der Waals surface area contributed by atoms with Gasteiger partial charge >= 0.3 is 6.03 Å². The number of para-hydroxylation sites is 2. The Hall–Kier alpha value is -4.59. The summed E-state index contributed by atoms with van der Waals surface area (Å²) in [4.78, 5) is 30.8. The maximum absolute atomic E-state index is 14.2. The van der Waals surface area contributed by atoms with Crippen LogP contribution in [0.2, 0.25) is 0 Å². The lowest BCUT2D eigenvalue weighted by Crippen LogP contribution is -2.48. The van der Waals surface area contributed by atoms with Crippen LogP contribution in [0.3, 0.4) is 0 Å². The van der Waals surface area contributed by atoms with Gasteiger partial charge in [-0.3, -0.25) is 9.69 Å². The molecule has 1 N–H and O–H groups in total. The van der Waals surface area contributed by atoms with E-state index < -0.39 is 6.04 Å². The van der Waals surface area contributed by atoms with E-state index in [1.54, 1.807) is 53.3 Å². The number of hydrogen-bond donors (Lipinski definition) is 1. The number of ether oxygens (including phenoxy) is 1. The normalized spacial score (nSPS) is 13.8. The number of rotatable bonds is 8. The van der Waals surface area contributed by atoms with Crippen molar-refractivity contribution in [2.45, 2.75) is 25.8 Å². The van der Waals surface area contributed by atoms with Crippen LogP contribution in [0, 0.1) is 5.82 Å². The van der Waals surface area contributed by atoms with Crippen molar-refractivity contribution in [3.05, 3.63) is 108 Å². The third kappa shape index (κ3) is 5.36. The first-order valence-corrected chi connectivity index (χ1v) is 13.0. The highest BCUT2D eigenvalue weighted by atomic mass is 19.1. The van der Waals surface area contributed by atoms with Gasteiger partial charge < -0.3 is 19.5 Å². The molecule has 1 atom stereocenters. The number of fused-ring (bicyclic) bond motifs is 3. The number of nitrogens with zero attached hydrogens (tertiary/aromatic N) is 3. The zero-order valence-corrected chi connectivity index (χ0v) is 22.0. The summed E-state index contributed by atoms with van der Waals surface area (Å²) in [5, 5.41) is 2.91. The molecule has 0 bridgehead atoms. The van der Waals surface area contributed by atoms with Gasteiger partial charge in [-0.15, -0.1) is 0 Å². The summed E-state index contributed by atoms with van der Waals surface area (Å²) in [5.41, 5.74) is 3.87. The number of carbonyl (C=O) groups excluding carboxylic acids is 2. The number of unbranched alkanes of at least 4 members (excludes halogenated alkanes) is 1. The number of methoxy groups -OCH3 is 1. The van der Waals surface area contributed by atoms with Crippen molar-refractivity contribution < 1.29 is 18.7 Å². The molecule has 7 nitrogen and oxygen atoms in total. The molecule has 0 aliphatic carbocycles. The van der Waals surface area contributed by atoms with Crippen molar-refractivity contribution >= 4 is 23.3 Å². The maximum atomic E-state index is 14.2. The summed E-state index contributed by atoms with van der Waals surface area (Å²) in [5.74, 6) is 0.112. The molecule has 200 valence electrons. The lowest BCUT2D eigenvalue weighted by molar-refractivity contribution is -0.119. The van der Waals surface area contributed by atoms with Gasteiger partial charge in [0, 0.05) is 18.4 Å². The number of nitrogens with one attached hydrogen (secondary N) is 1. The van der Waals surface area contributed by atoms with Gasteiger partial charge in [-0.1, -0.05) is 37.6 Å². The predicted octanol–water partition coefficient (Wildman–Crippen LogP) is 6.40. The number of anilines is 2. The van der Waals surface area contributed by atoms with E-state index in [1.165, 1.54) is 12.1 Å². The Morgan fingerprint density at radius 1 is 0.949 bits per heavy atom. The lowest BCUT2D eigenvalue weighted by atomic mass is 9.97. The van der Waals surface area contributed by atoms with Crippen LogP contribution in [0.15, 0.2) is 91.1 Å². The molecular weight excluding hydrogens is 495 g/mol. The molecule has 3 aromatic carbocycles. The van der Waals surface area contributed by atoms with E-state index in [4.69, 9.17) is 4.74 Å². The third-order valence-electron chi connectivity index (χ3n) is 6.91. The standard InChI is InChI=1S/C31H31FN4O3/c1-3-4-19-34(31(38)33-24-15-17-25(39-2)18-16-24)21-29(37)36-27-9-6-5-8-26(27)35-20-7-10-28(35)30(36)22-11-13-23(32)14-12-22/h5-18,20,30H,3-4,19,21H2,1-2H3,(H,33,38). The quantitative estimate of drug-likeness (QED) is 0.289. The Morgan fingerprint density at radius 3 is 2.36 bits per heavy atom. The molecule has 1 aromatic heterocycles. The van der Waals surface area contributed by atoms with Gasteiger partial charge in [-0.25, -0.2) is 9.18 Å². The first kappa shape index (κ1) is 26.0.